The number of aliphatic carboxylic acids is 1. The van der Waals surface area contributed by atoms with Gasteiger partial charge < -0.3 is 20.1 Å². The number of hydrogen-bond acceptors (Lipinski definition) is 5. The number of hydrogen-bond donors (Lipinski definition) is 3. The van der Waals surface area contributed by atoms with Crippen molar-refractivity contribution in [2.45, 2.75) is 12.9 Å². The Bertz CT molecular complexity index is 211. The smallest absolute Gasteiger partial charge is 0.335 e. The minimum Gasteiger partial charge on any atom is -0.478 e. The Kier molecular flexibility index (Phi) is 3.39. The highest BCUT2D eigenvalue weighted by molar-refractivity contribution is 5.90. The quantitative estimate of drug-likeness (QED) is 0.284. The maximum absolute atomic E-state index is 10.5. The van der Waals surface area contributed by atoms with Gasteiger partial charge in [0.15, 0.2) is 0 Å². The van der Waals surface area contributed by atoms with Crippen molar-refractivity contribution in [3.05, 3.63) is 12.2 Å². The SMILES string of the molecule is CC(O)(O)OC(=O)C=CC(=O)O. The summed E-state index contributed by atoms with van der Waals surface area (Å²) in [6, 6.07) is 0. The lowest BCUT2D eigenvalue weighted by molar-refractivity contribution is -0.304. The topological polar surface area (TPSA) is 104 Å². The van der Waals surface area contributed by atoms with Crippen molar-refractivity contribution in [3.8, 4) is 0 Å². The highest BCUT2D eigenvalue weighted by atomic mass is 16.8. The fourth-order valence-electron chi connectivity index (χ4n) is 0.364. The molecule has 0 fully saturated rings. The second kappa shape index (κ2) is 3.84. The molecule has 0 aromatic rings. The molecule has 0 saturated heterocycles. The molecule has 0 aromatic heterocycles. The molecule has 0 atom stereocenters. The van der Waals surface area contributed by atoms with Gasteiger partial charge in [-0.3, -0.25) is 0 Å². The van der Waals surface area contributed by atoms with Crippen LogP contribution in [0.4, 0.5) is 0 Å². The standard InChI is InChI=1S/C6H8O6/c1-6(10,11)12-5(9)3-2-4(7)8/h2-3,10-11H,1H3,(H,7,8). The van der Waals surface area contributed by atoms with Crippen LogP contribution < -0.4 is 0 Å². The van der Waals surface area contributed by atoms with Gasteiger partial charge >= 0.3 is 17.9 Å². The van der Waals surface area contributed by atoms with Gasteiger partial charge in [0.25, 0.3) is 0 Å². The summed E-state index contributed by atoms with van der Waals surface area (Å²) in [6.07, 6.45) is 1.08. The highest BCUT2D eigenvalue weighted by Gasteiger charge is 2.19. The summed E-state index contributed by atoms with van der Waals surface area (Å²) in [7, 11) is 0. The first-order valence-electron chi connectivity index (χ1n) is 2.90. The van der Waals surface area contributed by atoms with Crippen LogP contribution in [0.5, 0.6) is 0 Å². The Morgan fingerprint density at radius 3 is 2.17 bits per heavy atom. The van der Waals surface area contributed by atoms with Crippen molar-refractivity contribution >= 4 is 11.9 Å². The van der Waals surface area contributed by atoms with Gasteiger partial charge in [-0.05, 0) is 0 Å². The molecule has 0 radical (unpaired) electrons. The molecule has 68 valence electrons. The predicted octanol–water partition coefficient (Wildman–Crippen LogP) is -1.17. The van der Waals surface area contributed by atoms with E-state index in [0.29, 0.717) is 12.2 Å². The zero-order valence-electron chi connectivity index (χ0n) is 6.22. The van der Waals surface area contributed by atoms with E-state index in [1.54, 1.807) is 0 Å². The Morgan fingerprint density at radius 1 is 1.33 bits per heavy atom. The van der Waals surface area contributed by atoms with Gasteiger partial charge in [-0.25, -0.2) is 9.59 Å². The Hall–Kier alpha value is -1.40. The average molecular weight is 176 g/mol. The summed E-state index contributed by atoms with van der Waals surface area (Å²) in [5.74, 6) is -5.06. The number of aliphatic hydroxyl groups is 2. The van der Waals surface area contributed by atoms with Crippen molar-refractivity contribution in [1.82, 2.24) is 0 Å². The van der Waals surface area contributed by atoms with E-state index in [9.17, 15) is 9.59 Å². The van der Waals surface area contributed by atoms with E-state index in [0.717, 1.165) is 6.92 Å². The summed E-state index contributed by atoms with van der Waals surface area (Å²) in [5.41, 5.74) is 0. The minimum absolute atomic E-state index is 0.522. The maximum atomic E-state index is 10.5. The minimum atomic E-state index is -2.58. The van der Waals surface area contributed by atoms with Gasteiger partial charge in [0, 0.05) is 19.1 Å². The first kappa shape index (κ1) is 10.6. The largest absolute Gasteiger partial charge is 0.478 e. The fourth-order valence-corrected chi connectivity index (χ4v) is 0.364. The van der Waals surface area contributed by atoms with Crippen LogP contribution in [0.15, 0.2) is 12.2 Å². The van der Waals surface area contributed by atoms with Crippen LogP contribution in [-0.2, 0) is 14.3 Å². The molecule has 0 heterocycles. The van der Waals surface area contributed by atoms with E-state index in [4.69, 9.17) is 15.3 Å². The highest BCUT2D eigenvalue weighted by Crippen LogP contribution is 1.99. The Balaban J connectivity index is 3.99. The van der Waals surface area contributed by atoms with Gasteiger partial charge in [0.05, 0.1) is 0 Å². The molecule has 0 spiro atoms. The Labute approximate surface area is 67.7 Å². The van der Waals surface area contributed by atoms with E-state index in [2.05, 4.69) is 4.74 Å². The lowest BCUT2D eigenvalue weighted by Crippen LogP contribution is -2.29. The lowest BCUT2D eigenvalue weighted by atomic mass is 10.5. The fraction of sp³-hybridized carbons (Fsp3) is 0.333. The number of rotatable bonds is 3. The van der Waals surface area contributed by atoms with E-state index >= 15 is 0 Å². The molecule has 0 saturated carbocycles. The van der Waals surface area contributed by atoms with Crippen molar-refractivity contribution < 1.29 is 29.6 Å². The second-order valence-electron chi connectivity index (χ2n) is 2.03. The van der Waals surface area contributed by atoms with Gasteiger partial charge in [0.1, 0.15) is 0 Å². The number of esters is 1. The third-order valence-corrected chi connectivity index (χ3v) is 0.656. The van der Waals surface area contributed by atoms with Crippen LogP contribution in [-0.4, -0.2) is 33.2 Å². The molecule has 0 aliphatic heterocycles. The Morgan fingerprint density at radius 2 is 1.83 bits per heavy atom. The molecule has 0 bridgehead atoms. The number of ether oxygens (including phenoxy) is 1. The number of carbonyl (C=O) groups excluding carboxylic acids is 1. The van der Waals surface area contributed by atoms with Crippen molar-refractivity contribution in [2.24, 2.45) is 0 Å². The summed E-state index contributed by atoms with van der Waals surface area (Å²) in [5, 5.41) is 25.0. The summed E-state index contributed by atoms with van der Waals surface area (Å²) < 4.78 is 3.91. The first-order valence-corrected chi connectivity index (χ1v) is 2.90. The molecule has 6 heteroatoms. The van der Waals surface area contributed by atoms with Gasteiger partial charge in [-0.1, -0.05) is 0 Å². The summed E-state index contributed by atoms with van der Waals surface area (Å²) >= 11 is 0. The van der Waals surface area contributed by atoms with Crippen LogP contribution in [0.3, 0.4) is 0 Å². The van der Waals surface area contributed by atoms with Gasteiger partial charge in [-0.15, -0.1) is 0 Å². The zero-order valence-corrected chi connectivity index (χ0v) is 6.22. The molecule has 6 nitrogen and oxygen atoms in total. The molecule has 3 N–H and O–H groups in total. The van der Waals surface area contributed by atoms with Gasteiger partial charge in [-0.2, -0.15) is 0 Å². The van der Waals surface area contributed by atoms with Crippen LogP contribution in [0, 0.1) is 0 Å². The molecular weight excluding hydrogens is 168 g/mol. The van der Waals surface area contributed by atoms with E-state index in [1.165, 1.54) is 0 Å². The molecular formula is C6H8O6. The van der Waals surface area contributed by atoms with Crippen molar-refractivity contribution in [2.75, 3.05) is 0 Å². The van der Waals surface area contributed by atoms with Crippen LogP contribution in [0.2, 0.25) is 0 Å². The molecule has 12 heavy (non-hydrogen) atoms. The second-order valence-corrected chi connectivity index (χ2v) is 2.03. The van der Waals surface area contributed by atoms with Crippen molar-refractivity contribution in [3.63, 3.8) is 0 Å². The molecule has 0 aliphatic carbocycles. The molecule has 0 aromatic carbocycles. The molecule has 0 amide bonds. The summed E-state index contributed by atoms with van der Waals surface area (Å²) in [4.78, 5) is 20.3. The third kappa shape index (κ3) is 6.72. The monoisotopic (exact) mass is 176 g/mol. The zero-order chi connectivity index (χ0) is 9.78. The van der Waals surface area contributed by atoms with Crippen LogP contribution >= 0.6 is 0 Å². The van der Waals surface area contributed by atoms with Crippen LogP contribution in [0.1, 0.15) is 6.92 Å². The van der Waals surface area contributed by atoms with Crippen LogP contribution in [0.25, 0.3) is 0 Å². The first-order chi connectivity index (χ1) is 5.31. The maximum Gasteiger partial charge on any atom is 0.335 e. The van der Waals surface area contributed by atoms with Crippen molar-refractivity contribution in [1.29, 1.82) is 0 Å². The number of carboxylic acids is 1. The number of carbonyl (C=O) groups is 2. The average Bonchev–Trinajstić information content (AvgIpc) is 1.79. The van der Waals surface area contributed by atoms with Gasteiger partial charge in [0.2, 0.25) is 0 Å². The van der Waals surface area contributed by atoms with E-state index in [-0.39, 0.29) is 0 Å². The normalized spacial score (nSPS) is 11.6. The third-order valence-electron chi connectivity index (χ3n) is 0.656. The van der Waals surface area contributed by atoms with E-state index in [1.807, 2.05) is 0 Å². The number of carboxylic acid groups (broad SMARTS) is 1. The summed E-state index contributed by atoms with van der Waals surface area (Å²) in [6.45, 7) is 0.819. The lowest BCUT2D eigenvalue weighted by Gasteiger charge is -2.13. The molecule has 0 aliphatic rings. The molecule has 0 rings (SSSR count). The van der Waals surface area contributed by atoms with E-state index < -0.39 is 17.9 Å². The predicted molar refractivity (Wildman–Crippen MR) is 35.7 cm³/mol. The molecule has 0 unspecified atom stereocenters.